The largest absolute Gasteiger partial charge is 0.493 e. The monoisotopic (exact) mass is 694 g/mol. The van der Waals surface area contributed by atoms with Crippen molar-refractivity contribution in [3.8, 4) is 17.2 Å². The van der Waals surface area contributed by atoms with E-state index in [0.717, 1.165) is 5.56 Å². The van der Waals surface area contributed by atoms with Crippen molar-refractivity contribution < 1.29 is 28.1 Å². The number of fused-ring (bicyclic) bond motifs is 1. The maximum absolute atomic E-state index is 14.0. The summed E-state index contributed by atoms with van der Waals surface area (Å²) in [6.07, 6.45) is 1.68. The highest BCUT2D eigenvalue weighted by Crippen LogP contribution is 2.36. The van der Waals surface area contributed by atoms with Crippen LogP contribution in [-0.2, 0) is 16.1 Å². The first-order valence-electron chi connectivity index (χ1n) is 14.3. The Balaban J connectivity index is 1.55. The van der Waals surface area contributed by atoms with Gasteiger partial charge in [0.25, 0.3) is 5.56 Å². The Labute approximate surface area is 272 Å². The van der Waals surface area contributed by atoms with Crippen LogP contribution in [0.5, 0.6) is 17.2 Å². The lowest BCUT2D eigenvalue weighted by atomic mass is 9.95. The molecule has 5 rings (SSSR count). The number of nitrogens with zero attached hydrogens (tertiary/aromatic N) is 2. The first kappa shape index (κ1) is 32.2. The number of methoxy groups -OCH3 is 1. The number of thiazole rings is 1. The van der Waals surface area contributed by atoms with E-state index in [1.54, 1.807) is 63.4 Å². The number of carbonyl (C=O) groups is 1. The van der Waals surface area contributed by atoms with Gasteiger partial charge in [0.15, 0.2) is 16.3 Å². The molecule has 0 aliphatic carbocycles. The Kier molecular flexibility index (Phi) is 9.89. The molecule has 0 saturated heterocycles. The van der Waals surface area contributed by atoms with Crippen molar-refractivity contribution in [3.05, 3.63) is 119 Å². The molecule has 45 heavy (non-hydrogen) atoms. The van der Waals surface area contributed by atoms with Crippen molar-refractivity contribution >= 4 is 39.3 Å². The van der Waals surface area contributed by atoms with Crippen molar-refractivity contribution in [2.45, 2.75) is 46.4 Å². The summed E-state index contributed by atoms with van der Waals surface area (Å²) in [5.41, 5.74) is 2.25. The smallest absolute Gasteiger partial charge is 0.338 e. The lowest BCUT2D eigenvalue weighted by molar-refractivity contribution is -0.139. The van der Waals surface area contributed by atoms with Crippen molar-refractivity contribution in [3.63, 3.8) is 0 Å². The number of esters is 1. The highest BCUT2D eigenvalue weighted by molar-refractivity contribution is 9.10. The number of carbonyl (C=O) groups excluding carboxylic acids is 1. The summed E-state index contributed by atoms with van der Waals surface area (Å²) in [6.45, 7) is 7.55. The number of hydrogen-bond acceptors (Lipinski definition) is 8. The van der Waals surface area contributed by atoms with Crippen molar-refractivity contribution in [2.75, 3.05) is 13.7 Å². The minimum atomic E-state index is -0.801. The van der Waals surface area contributed by atoms with E-state index in [2.05, 4.69) is 20.9 Å². The Morgan fingerprint density at radius 3 is 2.56 bits per heavy atom. The molecule has 1 aromatic heterocycles. The molecule has 234 valence electrons. The van der Waals surface area contributed by atoms with E-state index in [4.69, 9.17) is 18.9 Å². The molecule has 1 aliphatic rings. The minimum Gasteiger partial charge on any atom is -0.493 e. The molecule has 0 amide bonds. The fraction of sp³-hybridized carbons (Fsp3) is 0.265. The second-order valence-corrected chi connectivity index (χ2v) is 12.3. The number of hydrogen-bond donors (Lipinski definition) is 0. The van der Waals surface area contributed by atoms with Gasteiger partial charge in [-0.25, -0.2) is 14.2 Å². The third-order valence-electron chi connectivity index (χ3n) is 6.98. The van der Waals surface area contributed by atoms with Gasteiger partial charge in [0, 0.05) is 5.56 Å². The Morgan fingerprint density at radius 1 is 1.11 bits per heavy atom. The van der Waals surface area contributed by atoms with Gasteiger partial charge in [0.2, 0.25) is 0 Å². The van der Waals surface area contributed by atoms with Crippen molar-refractivity contribution in [2.24, 2.45) is 4.99 Å². The highest BCUT2D eigenvalue weighted by atomic mass is 79.9. The second-order valence-electron chi connectivity index (χ2n) is 10.4. The normalized spacial score (nSPS) is 14.7. The molecule has 0 bridgehead atoms. The zero-order valence-electron chi connectivity index (χ0n) is 25.4. The van der Waals surface area contributed by atoms with Crippen LogP contribution in [-0.4, -0.2) is 30.4 Å². The molecular weight excluding hydrogens is 663 g/mol. The first-order chi connectivity index (χ1) is 21.6. The molecule has 8 nitrogen and oxygen atoms in total. The maximum atomic E-state index is 14.0. The number of allylic oxidation sites excluding steroid dienone is 1. The van der Waals surface area contributed by atoms with E-state index in [0.29, 0.717) is 47.9 Å². The molecule has 0 saturated carbocycles. The summed E-state index contributed by atoms with van der Waals surface area (Å²) in [4.78, 5) is 32.4. The van der Waals surface area contributed by atoms with Crippen LogP contribution < -0.4 is 29.1 Å². The molecule has 0 fully saturated rings. The molecule has 3 aromatic carbocycles. The average molecular weight is 696 g/mol. The Hall–Kier alpha value is -4.22. The molecule has 4 aromatic rings. The van der Waals surface area contributed by atoms with Crippen molar-refractivity contribution in [1.82, 2.24) is 4.57 Å². The molecule has 0 unspecified atom stereocenters. The standard InChI is InChI=1S/C34H32BrFN2O6S/c1-6-42-33(40)30-20(4)37-34-38(31(30)22-12-14-27(44-19(2)3)28(17-22)41-5)32(39)29(45-34)16-21-11-13-26(24(35)15-21)43-18-23-9-7-8-10-25(23)36/h7-17,19,31H,6,18H2,1-5H3/b29-16-/t31-/m1/s1. The number of rotatable bonds is 10. The third-order valence-corrected chi connectivity index (χ3v) is 8.58. The molecule has 11 heteroatoms. The van der Waals surface area contributed by atoms with E-state index < -0.39 is 12.0 Å². The van der Waals surface area contributed by atoms with Gasteiger partial charge in [0.05, 0.1) is 46.1 Å². The van der Waals surface area contributed by atoms with E-state index in [-0.39, 0.29) is 36.3 Å². The molecule has 1 atom stereocenters. The number of ether oxygens (including phenoxy) is 4. The van der Waals surface area contributed by atoms with Gasteiger partial charge in [-0.05, 0) is 91.2 Å². The van der Waals surface area contributed by atoms with Crippen molar-refractivity contribution in [1.29, 1.82) is 0 Å². The molecule has 0 spiro atoms. The van der Waals surface area contributed by atoms with Gasteiger partial charge in [-0.3, -0.25) is 9.36 Å². The number of aromatic nitrogens is 1. The second kappa shape index (κ2) is 13.8. The Morgan fingerprint density at radius 2 is 1.87 bits per heavy atom. The fourth-order valence-corrected chi connectivity index (χ4v) is 6.52. The predicted molar refractivity (Wildman–Crippen MR) is 174 cm³/mol. The van der Waals surface area contributed by atoms with Crippen LogP contribution in [0, 0.1) is 5.82 Å². The molecule has 1 aliphatic heterocycles. The topological polar surface area (TPSA) is 88.4 Å². The van der Waals surface area contributed by atoms with E-state index >= 15 is 0 Å². The Bertz CT molecular complexity index is 1970. The summed E-state index contributed by atoms with van der Waals surface area (Å²) in [6, 6.07) is 16.4. The van der Waals surface area contributed by atoms with Gasteiger partial charge >= 0.3 is 5.97 Å². The third kappa shape index (κ3) is 6.89. The quantitative estimate of drug-likeness (QED) is 0.187. The van der Waals surface area contributed by atoms with Crippen LogP contribution in [0.3, 0.4) is 0 Å². The van der Waals surface area contributed by atoms with Gasteiger partial charge in [-0.2, -0.15) is 0 Å². The molecular formula is C34H32BrFN2O6S. The zero-order valence-corrected chi connectivity index (χ0v) is 27.8. The lowest BCUT2D eigenvalue weighted by Crippen LogP contribution is -2.40. The van der Waals surface area contributed by atoms with Gasteiger partial charge in [-0.1, -0.05) is 41.7 Å². The minimum absolute atomic E-state index is 0.0702. The maximum Gasteiger partial charge on any atom is 0.338 e. The van der Waals surface area contributed by atoms with E-state index in [1.807, 2.05) is 32.0 Å². The summed E-state index contributed by atoms with van der Waals surface area (Å²) in [7, 11) is 1.54. The van der Waals surface area contributed by atoms with E-state index in [1.165, 1.54) is 22.0 Å². The highest BCUT2D eigenvalue weighted by Gasteiger charge is 2.34. The molecule has 2 heterocycles. The number of halogens is 2. The molecule has 0 radical (unpaired) electrons. The van der Waals surface area contributed by atoms with Crippen LogP contribution in [0.15, 0.2) is 86.2 Å². The summed E-state index contributed by atoms with van der Waals surface area (Å²) < 4.78 is 39.4. The lowest BCUT2D eigenvalue weighted by Gasteiger charge is -2.25. The summed E-state index contributed by atoms with van der Waals surface area (Å²) >= 11 is 4.76. The van der Waals surface area contributed by atoms with Crippen LogP contribution in [0.2, 0.25) is 0 Å². The predicted octanol–water partition coefficient (Wildman–Crippen LogP) is 6.07. The average Bonchev–Trinajstić information content (AvgIpc) is 3.30. The van der Waals surface area contributed by atoms with E-state index in [9.17, 15) is 14.0 Å². The number of benzene rings is 3. The van der Waals surface area contributed by atoms with Gasteiger partial charge < -0.3 is 18.9 Å². The van der Waals surface area contributed by atoms with Crippen LogP contribution >= 0.6 is 27.3 Å². The summed E-state index contributed by atoms with van der Waals surface area (Å²) in [5, 5.41) is 0. The summed E-state index contributed by atoms with van der Waals surface area (Å²) in [5.74, 6) is 0.677. The zero-order chi connectivity index (χ0) is 32.2. The van der Waals surface area contributed by atoms with Gasteiger partial charge in [0.1, 0.15) is 18.2 Å². The van der Waals surface area contributed by atoms with Crippen LogP contribution in [0.1, 0.15) is 50.4 Å². The van der Waals surface area contributed by atoms with Crippen LogP contribution in [0.4, 0.5) is 4.39 Å². The molecule has 0 N–H and O–H groups in total. The first-order valence-corrected chi connectivity index (χ1v) is 15.9. The SMILES string of the molecule is CCOC(=O)C1=C(C)N=c2s/c(=C\c3ccc(OCc4ccccc4F)c(Br)c3)c(=O)n2[C@@H]1c1ccc(OC(C)C)c(OC)c1. The van der Waals surface area contributed by atoms with Crippen LogP contribution in [0.25, 0.3) is 6.08 Å². The fourth-order valence-electron chi connectivity index (χ4n) is 4.96. The van der Waals surface area contributed by atoms with Gasteiger partial charge in [-0.15, -0.1) is 0 Å².